The van der Waals surface area contributed by atoms with E-state index in [1.54, 1.807) is 0 Å². The molecule has 0 spiro atoms. The van der Waals surface area contributed by atoms with Crippen LogP contribution in [-0.2, 0) is 0 Å². The summed E-state index contributed by atoms with van der Waals surface area (Å²) in [6, 6.07) is 8.80. The fourth-order valence-electron chi connectivity index (χ4n) is 4.05. The van der Waals surface area contributed by atoms with E-state index in [1.807, 2.05) is 29.3 Å². The molecular weight excluding hydrogens is 376 g/mol. The molecule has 1 saturated heterocycles. The summed E-state index contributed by atoms with van der Waals surface area (Å²) in [5.74, 6) is 1.82. The Morgan fingerprint density at radius 1 is 0.967 bits per heavy atom. The average Bonchev–Trinajstić information content (AvgIpc) is 3.46. The van der Waals surface area contributed by atoms with Crippen molar-refractivity contribution in [2.24, 2.45) is 0 Å². The van der Waals surface area contributed by atoms with Gasteiger partial charge in [-0.25, -0.2) is 9.67 Å². The van der Waals surface area contributed by atoms with E-state index in [9.17, 15) is 0 Å². The molecule has 1 aliphatic carbocycles. The van der Waals surface area contributed by atoms with Crippen molar-refractivity contribution in [3.63, 3.8) is 0 Å². The van der Waals surface area contributed by atoms with Crippen LogP contribution in [0.15, 0.2) is 49.1 Å². The van der Waals surface area contributed by atoms with Gasteiger partial charge in [-0.3, -0.25) is 9.67 Å². The lowest BCUT2D eigenvalue weighted by Crippen LogP contribution is -2.28. The number of aromatic nitrogens is 6. The van der Waals surface area contributed by atoms with E-state index in [1.165, 1.54) is 12.8 Å². The SMILES string of the molecule is c1cc(N2CCCNCC2)nc(-n2ncc3cnc(-c4cnn(C5CC5)c4)cc32)c1. The summed E-state index contributed by atoms with van der Waals surface area (Å²) >= 11 is 0. The van der Waals surface area contributed by atoms with Crippen molar-refractivity contribution in [3.05, 3.63) is 49.1 Å². The first-order chi connectivity index (χ1) is 14.8. The monoisotopic (exact) mass is 400 g/mol. The maximum atomic E-state index is 4.93. The molecule has 5 heterocycles. The zero-order chi connectivity index (χ0) is 19.9. The van der Waals surface area contributed by atoms with E-state index in [0.29, 0.717) is 6.04 Å². The fourth-order valence-corrected chi connectivity index (χ4v) is 4.05. The van der Waals surface area contributed by atoms with Crippen molar-refractivity contribution in [2.45, 2.75) is 25.3 Å². The van der Waals surface area contributed by atoms with E-state index < -0.39 is 0 Å². The lowest BCUT2D eigenvalue weighted by atomic mass is 10.2. The highest BCUT2D eigenvalue weighted by molar-refractivity contribution is 5.83. The van der Waals surface area contributed by atoms with Gasteiger partial charge in [-0.2, -0.15) is 10.2 Å². The third-order valence-corrected chi connectivity index (χ3v) is 5.87. The molecule has 0 atom stereocenters. The van der Waals surface area contributed by atoms with Crippen LogP contribution in [0.2, 0.25) is 0 Å². The van der Waals surface area contributed by atoms with Crippen molar-refractivity contribution in [2.75, 3.05) is 31.1 Å². The molecule has 30 heavy (non-hydrogen) atoms. The minimum absolute atomic E-state index is 0.564. The highest BCUT2D eigenvalue weighted by atomic mass is 15.3. The molecule has 0 bridgehead atoms. The minimum atomic E-state index is 0.564. The Kier molecular flexibility index (Phi) is 4.23. The summed E-state index contributed by atoms with van der Waals surface area (Å²) in [4.78, 5) is 11.9. The van der Waals surface area contributed by atoms with Crippen molar-refractivity contribution in [1.29, 1.82) is 0 Å². The summed E-state index contributed by atoms with van der Waals surface area (Å²) in [6.45, 7) is 4.03. The number of fused-ring (bicyclic) bond motifs is 1. The van der Waals surface area contributed by atoms with Crippen LogP contribution in [-0.4, -0.2) is 55.7 Å². The van der Waals surface area contributed by atoms with Crippen LogP contribution in [0.1, 0.15) is 25.3 Å². The summed E-state index contributed by atoms with van der Waals surface area (Å²) in [7, 11) is 0. The number of rotatable bonds is 4. The highest BCUT2D eigenvalue weighted by Crippen LogP contribution is 2.35. The van der Waals surface area contributed by atoms with Gasteiger partial charge in [-0.05, 0) is 44.0 Å². The lowest BCUT2D eigenvalue weighted by molar-refractivity contribution is 0.642. The van der Waals surface area contributed by atoms with Crippen LogP contribution in [0.4, 0.5) is 5.82 Å². The molecule has 4 aromatic rings. The molecular formula is C22H24N8. The quantitative estimate of drug-likeness (QED) is 0.568. The molecule has 0 amide bonds. The van der Waals surface area contributed by atoms with Gasteiger partial charge in [0.2, 0.25) is 0 Å². The lowest BCUT2D eigenvalue weighted by Gasteiger charge is -2.21. The maximum absolute atomic E-state index is 4.93. The molecule has 8 nitrogen and oxygen atoms in total. The number of hydrogen-bond acceptors (Lipinski definition) is 6. The van der Waals surface area contributed by atoms with Gasteiger partial charge in [0.1, 0.15) is 5.82 Å². The first-order valence-corrected chi connectivity index (χ1v) is 10.7. The van der Waals surface area contributed by atoms with Crippen LogP contribution in [0, 0.1) is 0 Å². The van der Waals surface area contributed by atoms with Crippen LogP contribution in [0.5, 0.6) is 0 Å². The fraction of sp³-hybridized carbons (Fsp3) is 0.364. The second-order valence-electron chi connectivity index (χ2n) is 8.07. The highest BCUT2D eigenvalue weighted by Gasteiger charge is 2.24. The second-order valence-corrected chi connectivity index (χ2v) is 8.07. The van der Waals surface area contributed by atoms with E-state index in [-0.39, 0.29) is 0 Å². The van der Waals surface area contributed by atoms with Gasteiger partial charge in [0.15, 0.2) is 5.82 Å². The number of nitrogens with one attached hydrogen (secondary N) is 1. The molecule has 2 fully saturated rings. The summed E-state index contributed by atoms with van der Waals surface area (Å²) in [5.41, 5.74) is 2.95. The van der Waals surface area contributed by atoms with E-state index in [4.69, 9.17) is 4.98 Å². The standard InChI is InChI=1S/C22H24N8/c1-3-21(28-9-2-7-23-8-10-28)27-22(4-1)30-20-11-19(24-12-16(20)13-26-30)17-14-25-29(15-17)18-5-6-18/h1,3-4,11-15,18,23H,2,5-10H2. The van der Waals surface area contributed by atoms with Gasteiger partial charge < -0.3 is 10.2 Å². The van der Waals surface area contributed by atoms with Crippen molar-refractivity contribution >= 4 is 16.7 Å². The molecule has 8 heteroatoms. The Labute approximate surface area is 174 Å². The van der Waals surface area contributed by atoms with E-state index >= 15 is 0 Å². The zero-order valence-electron chi connectivity index (χ0n) is 16.8. The number of nitrogens with zero attached hydrogens (tertiary/aromatic N) is 7. The maximum Gasteiger partial charge on any atom is 0.156 e. The Hall–Kier alpha value is -3.26. The van der Waals surface area contributed by atoms with Gasteiger partial charge in [-0.1, -0.05) is 6.07 Å². The van der Waals surface area contributed by atoms with Crippen molar-refractivity contribution in [3.8, 4) is 17.1 Å². The first-order valence-electron chi connectivity index (χ1n) is 10.7. The zero-order valence-corrected chi connectivity index (χ0v) is 16.8. The molecule has 4 aromatic heterocycles. The third-order valence-electron chi connectivity index (χ3n) is 5.87. The Morgan fingerprint density at radius 3 is 2.83 bits per heavy atom. The molecule has 6 rings (SSSR count). The van der Waals surface area contributed by atoms with Gasteiger partial charge in [0.25, 0.3) is 0 Å². The Balaban J connectivity index is 1.37. The summed E-state index contributed by atoms with van der Waals surface area (Å²) in [5, 5.41) is 13.6. The van der Waals surface area contributed by atoms with Crippen molar-refractivity contribution in [1.82, 2.24) is 34.8 Å². The van der Waals surface area contributed by atoms with E-state index in [2.05, 4.69) is 54.5 Å². The Bertz CT molecular complexity index is 1180. The van der Waals surface area contributed by atoms with E-state index in [0.717, 1.165) is 66.4 Å². The molecule has 0 aromatic carbocycles. The molecule has 152 valence electrons. The normalized spacial score (nSPS) is 17.4. The molecule has 1 aliphatic heterocycles. The van der Waals surface area contributed by atoms with Gasteiger partial charge in [-0.15, -0.1) is 0 Å². The minimum Gasteiger partial charge on any atom is -0.355 e. The molecule has 0 radical (unpaired) electrons. The second kappa shape index (κ2) is 7.21. The molecule has 1 N–H and O–H groups in total. The van der Waals surface area contributed by atoms with Gasteiger partial charge in [0, 0.05) is 43.0 Å². The predicted octanol–water partition coefficient (Wildman–Crippen LogP) is 2.81. The van der Waals surface area contributed by atoms with Gasteiger partial charge in [0.05, 0.1) is 29.6 Å². The smallest absolute Gasteiger partial charge is 0.156 e. The van der Waals surface area contributed by atoms with Crippen LogP contribution in [0.3, 0.4) is 0 Å². The molecule has 0 unspecified atom stereocenters. The first kappa shape index (κ1) is 17.6. The van der Waals surface area contributed by atoms with Crippen molar-refractivity contribution < 1.29 is 0 Å². The van der Waals surface area contributed by atoms with Gasteiger partial charge >= 0.3 is 0 Å². The summed E-state index contributed by atoms with van der Waals surface area (Å²) < 4.78 is 3.96. The number of pyridine rings is 2. The predicted molar refractivity (Wildman–Crippen MR) is 116 cm³/mol. The topological polar surface area (TPSA) is 76.7 Å². The molecule has 2 aliphatic rings. The van der Waals surface area contributed by atoms with Crippen LogP contribution >= 0.6 is 0 Å². The van der Waals surface area contributed by atoms with Crippen LogP contribution in [0.25, 0.3) is 28.0 Å². The number of hydrogen-bond donors (Lipinski definition) is 1. The average molecular weight is 400 g/mol. The summed E-state index contributed by atoms with van der Waals surface area (Å²) in [6.07, 6.45) is 11.3. The largest absolute Gasteiger partial charge is 0.355 e. The molecule has 1 saturated carbocycles. The Morgan fingerprint density at radius 2 is 1.90 bits per heavy atom. The van der Waals surface area contributed by atoms with Crippen LogP contribution < -0.4 is 10.2 Å². The third kappa shape index (κ3) is 3.23. The number of anilines is 1.